The Kier molecular flexibility index (Phi) is 5.03. The number of ether oxygens (including phenoxy) is 1. The van der Waals surface area contributed by atoms with Crippen molar-refractivity contribution in [1.82, 2.24) is 0 Å². The van der Waals surface area contributed by atoms with E-state index in [9.17, 15) is 4.79 Å². The molecule has 1 aromatic carbocycles. The van der Waals surface area contributed by atoms with Crippen LogP contribution in [-0.2, 0) is 16.0 Å². The van der Waals surface area contributed by atoms with Crippen LogP contribution in [0.5, 0.6) is 0 Å². The lowest BCUT2D eigenvalue weighted by Gasteiger charge is -2.14. The van der Waals surface area contributed by atoms with Gasteiger partial charge >= 0.3 is 5.97 Å². The Morgan fingerprint density at radius 1 is 1.19 bits per heavy atom. The van der Waals surface area contributed by atoms with Crippen molar-refractivity contribution in [3.63, 3.8) is 0 Å². The van der Waals surface area contributed by atoms with E-state index in [0.717, 1.165) is 12.8 Å². The molecule has 0 radical (unpaired) electrons. The van der Waals surface area contributed by atoms with Gasteiger partial charge in [-0.05, 0) is 25.3 Å². The number of benzene rings is 1. The van der Waals surface area contributed by atoms with E-state index in [0.29, 0.717) is 0 Å². The van der Waals surface area contributed by atoms with Crippen LogP contribution in [-0.4, -0.2) is 12.1 Å². The highest BCUT2D eigenvalue weighted by molar-refractivity contribution is 5.71. The molecule has 0 aliphatic heterocycles. The van der Waals surface area contributed by atoms with Gasteiger partial charge in [0.15, 0.2) is 0 Å². The predicted octanol–water partition coefficient (Wildman–Crippen LogP) is 3.21. The van der Waals surface area contributed by atoms with E-state index < -0.39 is 0 Å². The molecule has 88 valence electrons. The Morgan fingerprint density at radius 3 is 2.38 bits per heavy atom. The zero-order chi connectivity index (χ0) is 12.0. The van der Waals surface area contributed by atoms with Crippen molar-refractivity contribution in [2.45, 2.75) is 39.7 Å². The highest BCUT2D eigenvalue weighted by Gasteiger charge is 2.12. The predicted molar refractivity (Wildman–Crippen MR) is 65.2 cm³/mol. The molecule has 2 nitrogen and oxygen atoms in total. The van der Waals surface area contributed by atoms with Crippen LogP contribution in [0.15, 0.2) is 30.3 Å². The molecular formula is C14H20O2. The SMILES string of the molecule is CC(CCc1ccccc1)OC(=O)C(C)C. The molecule has 0 aliphatic rings. The van der Waals surface area contributed by atoms with Crippen molar-refractivity contribution in [1.29, 1.82) is 0 Å². The summed E-state index contributed by atoms with van der Waals surface area (Å²) in [5.74, 6) is -0.153. The second-order valence-electron chi connectivity index (χ2n) is 4.43. The molecule has 2 heteroatoms. The van der Waals surface area contributed by atoms with Gasteiger partial charge in [0.1, 0.15) is 0 Å². The average Bonchev–Trinajstić information content (AvgIpc) is 2.27. The number of carbonyl (C=O) groups excluding carboxylic acids is 1. The molecule has 0 amide bonds. The summed E-state index contributed by atoms with van der Waals surface area (Å²) in [4.78, 5) is 11.3. The van der Waals surface area contributed by atoms with E-state index in [2.05, 4.69) is 12.1 Å². The maximum atomic E-state index is 11.3. The van der Waals surface area contributed by atoms with E-state index >= 15 is 0 Å². The minimum atomic E-state index is -0.111. The molecule has 0 saturated heterocycles. The lowest BCUT2D eigenvalue weighted by atomic mass is 10.1. The molecule has 0 spiro atoms. The fraction of sp³-hybridized carbons (Fsp3) is 0.500. The Balaban J connectivity index is 2.30. The summed E-state index contributed by atoms with van der Waals surface area (Å²) in [5.41, 5.74) is 1.29. The van der Waals surface area contributed by atoms with E-state index in [1.165, 1.54) is 5.56 Å². The first-order valence-electron chi connectivity index (χ1n) is 5.84. The summed E-state index contributed by atoms with van der Waals surface area (Å²) < 4.78 is 5.29. The lowest BCUT2D eigenvalue weighted by Crippen LogP contribution is -2.19. The normalized spacial score (nSPS) is 12.5. The Bertz CT molecular complexity index is 317. The molecule has 1 atom stereocenters. The summed E-state index contributed by atoms with van der Waals surface area (Å²) in [6.07, 6.45) is 1.82. The summed E-state index contributed by atoms with van der Waals surface area (Å²) in [5, 5.41) is 0. The first kappa shape index (κ1) is 12.8. The molecule has 16 heavy (non-hydrogen) atoms. The number of aryl methyl sites for hydroxylation is 1. The molecular weight excluding hydrogens is 200 g/mol. The fourth-order valence-electron chi connectivity index (χ4n) is 1.41. The van der Waals surface area contributed by atoms with Crippen LogP contribution in [0, 0.1) is 5.92 Å². The molecule has 0 fully saturated rings. The third kappa shape index (κ3) is 4.47. The number of carbonyl (C=O) groups is 1. The number of hydrogen-bond acceptors (Lipinski definition) is 2. The van der Waals surface area contributed by atoms with Crippen LogP contribution in [0.1, 0.15) is 32.8 Å². The summed E-state index contributed by atoms with van der Waals surface area (Å²) >= 11 is 0. The first-order chi connectivity index (χ1) is 7.59. The van der Waals surface area contributed by atoms with E-state index in [4.69, 9.17) is 4.74 Å². The first-order valence-corrected chi connectivity index (χ1v) is 5.84. The van der Waals surface area contributed by atoms with Gasteiger partial charge in [0.25, 0.3) is 0 Å². The van der Waals surface area contributed by atoms with Crippen molar-refractivity contribution >= 4 is 5.97 Å². The molecule has 1 unspecified atom stereocenters. The third-order valence-electron chi connectivity index (χ3n) is 2.47. The van der Waals surface area contributed by atoms with Crippen LogP contribution < -0.4 is 0 Å². The van der Waals surface area contributed by atoms with Gasteiger partial charge in [0.2, 0.25) is 0 Å². The van der Waals surface area contributed by atoms with Crippen LogP contribution in [0.25, 0.3) is 0 Å². The number of rotatable bonds is 5. The highest BCUT2D eigenvalue weighted by Crippen LogP contribution is 2.09. The van der Waals surface area contributed by atoms with Crippen molar-refractivity contribution in [3.8, 4) is 0 Å². The molecule has 0 saturated carbocycles. The van der Waals surface area contributed by atoms with Gasteiger partial charge in [-0.25, -0.2) is 0 Å². The molecule has 0 aromatic heterocycles. The van der Waals surface area contributed by atoms with Crippen molar-refractivity contribution in [3.05, 3.63) is 35.9 Å². The van der Waals surface area contributed by atoms with Gasteiger partial charge in [0, 0.05) is 0 Å². The fourth-order valence-corrected chi connectivity index (χ4v) is 1.41. The average molecular weight is 220 g/mol. The minimum absolute atomic E-state index is 0.00453. The van der Waals surface area contributed by atoms with Gasteiger partial charge in [0.05, 0.1) is 12.0 Å². The summed E-state index contributed by atoms with van der Waals surface area (Å²) in [6.45, 7) is 5.65. The van der Waals surface area contributed by atoms with Crippen molar-refractivity contribution in [2.75, 3.05) is 0 Å². The van der Waals surface area contributed by atoms with Gasteiger partial charge < -0.3 is 4.74 Å². The number of hydrogen-bond donors (Lipinski definition) is 0. The zero-order valence-electron chi connectivity index (χ0n) is 10.3. The molecule has 0 aliphatic carbocycles. The second-order valence-corrected chi connectivity index (χ2v) is 4.43. The third-order valence-corrected chi connectivity index (χ3v) is 2.47. The zero-order valence-corrected chi connectivity index (χ0v) is 10.3. The quantitative estimate of drug-likeness (QED) is 0.712. The Hall–Kier alpha value is -1.31. The van der Waals surface area contributed by atoms with Gasteiger partial charge in [-0.1, -0.05) is 44.2 Å². The van der Waals surface area contributed by atoms with Crippen LogP contribution in [0.4, 0.5) is 0 Å². The second kappa shape index (κ2) is 6.31. The van der Waals surface area contributed by atoms with Crippen LogP contribution in [0.3, 0.4) is 0 Å². The van der Waals surface area contributed by atoms with Crippen molar-refractivity contribution in [2.24, 2.45) is 5.92 Å². The minimum Gasteiger partial charge on any atom is -0.462 e. The maximum Gasteiger partial charge on any atom is 0.308 e. The van der Waals surface area contributed by atoms with Gasteiger partial charge in [-0.15, -0.1) is 0 Å². The Morgan fingerprint density at radius 2 is 1.81 bits per heavy atom. The Labute approximate surface area is 97.6 Å². The topological polar surface area (TPSA) is 26.3 Å². The van der Waals surface area contributed by atoms with Crippen molar-refractivity contribution < 1.29 is 9.53 Å². The van der Waals surface area contributed by atoms with E-state index in [1.807, 2.05) is 39.0 Å². The molecule has 0 N–H and O–H groups in total. The smallest absolute Gasteiger partial charge is 0.308 e. The number of esters is 1. The van der Waals surface area contributed by atoms with Gasteiger partial charge in [-0.3, -0.25) is 4.79 Å². The molecule has 0 heterocycles. The van der Waals surface area contributed by atoms with Crippen LogP contribution in [0.2, 0.25) is 0 Å². The van der Waals surface area contributed by atoms with E-state index in [-0.39, 0.29) is 18.0 Å². The molecule has 1 rings (SSSR count). The molecule has 0 bridgehead atoms. The summed E-state index contributed by atoms with van der Waals surface area (Å²) in [7, 11) is 0. The lowest BCUT2D eigenvalue weighted by molar-refractivity contribution is -0.152. The largest absolute Gasteiger partial charge is 0.462 e. The highest BCUT2D eigenvalue weighted by atomic mass is 16.5. The van der Waals surface area contributed by atoms with E-state index in [1.54, 1.807) is 0 Å². The maximum absolute atomic E-state index is 11.3. The van der Waals surface area contributed by atoms with Crippen LogP contribution >= 0.6 is 0 Å². The standard InChI is InChI=1S/C14H20O2/c1-11(2)14(15)16-12(3)9-10-13-7-5-4-6-8-13/h4-8,11-12H,9-10H2,1-3H3. The molecule has 1 aromatic rings. The van der Waals surface area contributed by atoms with Gasteiger partial charge in [-0.2, -0.15) is 0 Å². The monoisotopic (exact) mass is 220 g/mol. The summed E-state index contributed by atoms with van der Waals surface area (Å²) in [6, 6.07) is 10.2.